The molecule has 1 amide bonds. The van der Waals surface area contributed by atoms with Crippen molar-refractivity contribution >= 4 is 50.6 Å². The smallest absolute Gasteiger partial charge is 0.252 e. The van der Waals surface area contributed by atoms with E-state index in [1.165, 1.54) is 22.1 Å². The number of sulfonamides is 1. The van der Waals surface area contributed by atoms with Crippen molar-refractivity contribution < 1.29 is 13.2 Å². The van der Waals surface area contributed by atoms with Crippen molar-refractivity contribution in [2.24, 2.45) is 7.05 Å². The van der Waals surface area contributed by atoms with Crippen LogP contribution in [-0.2, 0) is 21.9 Å². The van der Waals surface area contributed by atoms with Gasteiger partial charge in [0.25, 0.3) is 10.0 Å². The van der Waals surface area contributed by atoms with Gasteiger partial charge in [0.1, 0.15) is 10.0 Å². The highest BCUT2D eigenvalue weighted by molar-refractivity contribution is 7.99. The van der Waals surface area contributed by atoms with Gasteiger partial charge in [-0.2, -0.15) is 4.31 Å². The lowest BCUT2D eigenvalue weighted by Gasteiger charge is -2.33. The van der Waals surface area contributed by atoms with Gasteiger partial charge in [0.15, 0.2) is 5.16 Å². The van der Waals surface area contributed by atoms with Crippen molar-refractivity contribution in [3.05, 3.63) is 22.3 Å². The van der Waals surface area contributed by atoms with Crippen molar-refractivity contribution in [3.63, 3.8) is 0 Å². The molecule has 12 heteroatoms. The maximum Gasteiger partial charge on any atom is 0.252 e. The summed E-state index contributed by atoms with van der Waals surface area (Å²) < 4.78 is 29.2. The summed E-state index contributed by atoms with van der Waals surface area (Å²) in [4.78, 5) is 14.2. The molecule has 0 aliphatic carbocycles. The van der Waals surface area contributed by atoms with Crippen LogP contribution in [0, 0.1) is 0 Å². The van der Waals surface area contributed by atoms with E-state index in [-0.39, 0.29) is 34.9 Å². The zero-order valence-electron chi connectivity index (χ0n) is 15.8. The molecular weight excluding hydrogens is 442 g/mol. The minimum absolute atomic E-state index is 0.0321. The quantitative estimate of drug-likeness (QED) is 0.610. The molecule has 3 rings (SSSR count). The number of carbonyl (C=O) groups excluding carboxylic acids is 1. The number of thiophene rings is 1. The highest BCUT2D eigenvalue weighted by atomic mass is 35.5. The molecule has 154 valence electrons. The van der Waals surface area contributed by atoms with Crippen LogP contribution < -0.4 is 0 Å². The fourth-order valence-electron chi connectivity index (χ4n) is 2.91. The van der Waals surface area contributed by atoms with E-state index in [9.17, 15) is 13.2 Å². The maximum atomic E-state index is 12.6. The predicted molar refractivity (Wildman–Crippen MR) is 110 cm³/mol. The molecule has 0 aromatic carbocycles. The molecule has 1 saturated heterocycles. The first-order valence-corrected chi connectivity index (χ1v) is 12.4. The van der Waals surface area contributed by atoms with Crippen LogP contribution in [-0.4, -0.2) is 70.2 Å². The molecule has 2 aromatic rings. The lowest BCUT2D eigenvalue weighted by atomic mass is 10.2. The third kappa shape index (κ3) is 4.54. The Hall–Kier alpha value is -1.14. The second-order valence-corrected chi connectivity index (χ2v) is 11.5. The van der Waals surface area contributed by atoms with Crippen molar-refractivity contribution in [3.8, 4) is 0 Å². The highest BCUT2D eigenvalue weighted by Crippen LogP contribution is 2.28. The van der Waals surface area contributed by atoms with Gasteiger partial charge in [-0.1, -0.05) is 37.2 Å². The van der Waals surface area contributed by atoms with E-state index in [1.807, 2.05) is 25.5 Å². The molecule has 1 aliphatic rings. The lowest BCUT2D eigenvalue weighted by Crippen LogP contribution is -2.50. The first-order chi connectivity index (χ1) is 13.2. The van der Waals surface area contributed by atoms with Gasteiger partial charge in [-0.3, -0.25) is 4.79 Å². The summed E-state index contributed by atoms with van der Waals surface area (Å²) in [6.07, 6.45) is 0. The molecule has 8 nitrogen and oxygen atoms in total. The SMILES string of the molecule is CC(C)c1nnc(SCC(=O)N2CCN(S(=O)(=O)c3ccc(Cl)s3)CC2)n1C. The molecule has 0 spiro atoms. The molecule has 1 aliphatic heterocycles. The summed E-state index contributed by atoms with van der Waals surface area (Å²) in [7, 11) is -1.66. The van der Waals surface area contributed by atoms with Gasteiger partial charge >= 0.3 is 0 Å². The van der Waals surface area contributed by atoms with Crippen molar-refractivity contribution in [1.82, 2.24) is 24.0 Å². The zero-order valence-corrected chi connectivity index (χ0v) is 19.0. The normalized spacial score (nSPS) is 16.1. The number of thioether (sulfide) groups is 1. The molecule has 2 aromatic heterocycles. The van der Waals surface area contributed by atoms with E-state index >= 15 is 0 Å². The standard InChI is InChI=1S/C16H22ClN5O3S3/c1-11(2)15-18-19-16(20(15)3)26-10-13(23)21-6-8-22(9-7-21)28(24,25)14-5-4-12(17)27-14/h4-5,11H,6-10H2,1-3H3. The second-order valence-electron chi connectivity index (χ2n) is 6.69. The Bertz CT molecular complexity index is 949. The molecule has 0 saturated carbocycles. The number of piperazine rings is 1. The molecule has 3 heterocycles. The summed E-state index contributed by atoms with van der Waals surface area (Å²) in [6.45, 7) is 5.37. The number of hydrogen-bond donors (Lipinski definition) is 0. The van der Waals surface area contributed by atoms with Crippen LogP contribution in [0.5, 0.6) is 0 Å². The van der Waals surface area contributed by atoms with Gasteiger partial charge in [-0.25, -0.2) is 8.42 Å². The van der Waals surface area contributed by atoms with Crippen LogP contribution in [0.1, 0.15) is 25.6 Å². The molecule has 1 fully saturated rings. The number of hydrogen-bond acceptors (Lipinski definition) is 7. The average molecular weight is 464 g/mol. The predicted octanol–water partition coefficient (Wildman–Crippen LogP) is 2.28. The topological polar surface area (TPSA) is 88.4 Å². The van der Waals surface area contributed by atoms with Crippen LogP contribution in [0.15, 0.2) is 21.5 Å². The van der Waals surface area contributed by atoms with Crippen molar-refractivity contribution in [2.45, 2.75) is 29.1 Å². The first kappa shape index (κ1) is 21.6. The van der Waals surface area contributed by atoms with Crippen LogP contribution >= 0.6 is 34.7 Å². The Morgan fingerprint density at radius 3 is 2.46 bits per heavy atom. The van der Waals surface area contributed by atoms with Gasteiger partial charge in [0, 0.05) is 39.1 Å². The van der Waals surface area contributed by atoms with Crippen molar-refractivity contribution in [2.75, 3.05) is 31.9 Å². The largest absolute Gasteiger partial charge is 0.339 e. The molecule has 0 unspecified atom stereocenters. The van der Waals surface area contributed by atoms with Gasteiger partial charge in [0.2, 0.25) is 5.91 Å². The van der Waals surface area contributed by atoms with E-state index in [2.05, 4.69) is 10.2 Å². The molecule has 0 atom stereocenters. The van der Waals surface area contributed by atoms with Crippen LogP contribution in [0.25, 0.3) is 0 Å². The Morgan fingerprint density at radius 1 is 1.25 bits per heavy atom. The van der Waals surface area contributed by atoms with E-state index in [4.69, 9.17) is 11.6 Å². The monoisotopic (exact) mass is 463 g/mol. The maximum absolute atomic E-state index is 12.6. The summed E-state index contributed by atoms with van der Waals surface area (Å²) in [5.74, 6) is 1.35. The molecule has 28 heavy (non-hydrogen) atoms. The molecule has 0 radical (unpaired) electrons. The third-order valence-electron chi connectivity index (χ3n) is 4.44. The lowest BCUT2D eigenvalue weighted by molar-refractivity contribution is -0.129. The van der Waals surface area contributed by atoms with Crippen LogP contribution in [0.4, 0.5) is 0 Å². The van der Waals surface area contributed by atoms with Gasteiger partial charge in [-0.15, -0.1) is 21.5 Å². The average Bonchev–Trinajstić information content (AvgIpc) is 3.26. The van der Waals surface area contributed by atoms with E-state index in [0.29, 0.717) is 22.6 Å². The Morgan fingerprint density at radius 2 is 1.93 bits per heavy atom. The van der Waals surface area contributed by atoms with E-state index in [0.717, 1.165) is 17.2 Å². The minimum Gasteiger partial charge on any atom is -0.339 e. The Kier molecular flexibility index (Phi) is 6.70. The van der Waals surface area contributed by atoms with Crippen LogP contribution in [0.2, 0.25) is 4.34 Å². The number of aromatic nitrogens is 3. The second kappa shape index (κ2) is 8.70. The molecule has 0 bridgehead atoms. The van der Waals surface area contributed by atoms with Gasteiger partial charge in [0.05, 0.1) is 10.1 Å². The fraction of sp³-hybridized carbons (Fsp3) is 0.562. The number of halogens is 1. The Labute approximate surface area is 177 Å². The number of nitrogens with zero attached hydrogens (tertiary/aromatic N) is 5. The minimum atomic E-state index is -3.55. The third-order valence-corrected chi connectivity index (χ3v) is 9.05. The van der Waals surface area contributed by atoms with Crippen molar-refractivity contribution in [1.29, 1.82) is 0 Å². The molecule has 0 N–H and O–H groups in total. The van der Waals surface area contributed by atoms with E-state index < -0.39 is 10.0 Å². The number of carbonyl (C=O) groups is 1. The number of rotatable bonds is 6. The zero-order chi connectivity index (χ0) is 20.5. The van der Waals surface area contributed by atoms with E-state index in [1.54, 1.807) is 11.0 Å². The number of amides is 1. The van der Waals surface area contributed by atoms with Crippen LogP contribution in [0.3, 0.4) is 0 Å². The summed E-state index contributed by atoms with van der Waals surface area (Å²) in [6, 6.07) is 3.09. The molecular formula is C16H22ClN5O3S3. The highest BCUT2D eigenvalue weighted by Gasteiger charge is 2.31. The fourth-order valence-corrected chi connectivity index (χ4v) is 6.79. The Balaban J connectivity index is 1.54. The summed E-state index contributed by atoms with van der Waals surface area (Å²) in [5, 5.41) is 9.00. The van der Waals surface area contributed by atoms with Gasteiger partial charge in [-0.05, 0) is 12.1 Å². The summed E-state index contributed by atoms with van der Waals surface area (Å²) in [5.41, 5.74) is 0. The summed E-state index contributed by atoms with van der Waals surface area (Å²) >= 11 is 8.24. The van der Waals surface area contributed by atoms with Gasteiger partial charge < -0.3 is 9.47 Å². The first-order valence-electron chi connectivity index (χ1n) is 8.75.